The number of carbonyl (C=O) groups excluding carboxylic acids is 1. The fourth-order valence-electron chi connectivity index (χ4n) is 2.49. The Morgan fingerprint density at radius 2 is 1.81 bits per heavy atom. The summed E-state index contributed by atoms with van der Waals surface area (Å²) in [7, 11) is 0. The van der Waals surface area contributed by atoms with Crippen LogP contribution in [0.5, 0.6) is 0 Å². The highest BCUT2D eigenvalue weighted by Crippen LogP contribution is 2.21. The van der Waals surface area contributed by atoms with Crippen LogP contribution in [0.4, 0.5) is 4.39 Å². The highest BCUT2D eigenvalue weighted by atomic mass is 19.1. The molecule has 0 aliphatic rings. The van der Waals surface area contributed by atoms with Gasteiger partial charge in [-0.25, -0.2) is 4.39 Å². The Kier molecular flexibility index (Phi) is 7.37. The van der Waals surface area contributed by atoms with Gasteiger partial charge in [0.1, 0.15) is 5.82 Å². The number of nitrogens with two attached hydrogens (primary N) is 1. The molecule has 0 radical (unpaired) electrons. The van der Waals surface area contributed by atoms with Crippen LogP contribution in [-0.4, -0.2) is 12.5 Å². The average Bonchev–Trinajstić information content (AvgIpc) is 2.43. The molecule has 118 valence electrons. The van der Waals surface area contributed by atoms with E-state index >= 15 is 0 Å². The second-order valence-electron chi connectivity index (χ2n) is 5.96. The molecule has 0 saturated carbocycles. The Balaban J connectivity index is 2.44. The summed E-state index contributed by atoms with van der Waals surface area (Å²) >= 11 is 0. The molecule has 0 saturated heterocycles. The maximum Gasteiger partial charge on any atom is 0.220 e. The van der Waals surface area contributed by atoms with Crippen molar-refractivity contribution in [1.29, 1.82) is 0 Å². The van der Waals surface area contributed by atoms with Crippen LogP contribution in [0.15, 0.2) is 24.3 Å². The van der Waals surface area contributed by atoms with Crippen LogP contribution < -0.4 is 11.1 Å². The Morgan fingerprint density at radius 1 is 1.19 bits per heavy atom. The van der Waals surface area contributed by atoms with Gasteiger partial charge in [-0.15, -0.1) is 0 Å². The lowest BCUT2D eigenvalue weighted by Gasteiger charge is -2.20. The van der Waals surface area contributed by atoms with E-state index in [1.807, 2.05) is 6.92 Å². The van der Waals surface area contributed by atoms with E-state index in [0.29, 0.717) is 24.8 Å². The zero-order valence-corrected chi connectivity index (χ0v) is 13.2. The van der Waals surface area contributed by atoms with Gasteiger partial charge in [-0.05, 0) is 55.8 Å². The average molecular weight is 294 g/mol. The van der Waals surface area contributed by atoms with E-state index in [9.17, 15) is 9.18 Å². The van der Waals surface area contributed by atoms with Crippen molar-refractivity contribution in [2.45, 2.75) is 46.1 Å². The van der Waals surface area contributed by atoms with E-state index in [0.717, 1.165) is 18.4 Å². The normalized spacial score (nSPS) is 14.0. The van der Waals surface area contributed by atoms with Crippen LogP contribution in [0.3, 0.4) is 0 Å². The first-order chi connectivity index (χ1) is 9.93. The molecule has 0 bridgehead atoms. The number of nitrogens with one attached hydrogen (secondary N) is 1. The molecule has 0 spiro atoms. The molecule has 1 rings (SSSR count). The van der Waals surface area contributed by atoms with Crippen molar-refractivity contribution in [2.24, 2.45) is 17.6 Å². The van der Waals surface area contributed by atoms with Gasteiger partial charge in [0.25, 0.3) is 0 Å². The summed E-state index contributed by atoms with van der Waals surface area (Å²) in [6.45, 7) is 6.90. The molecule has 0 aromatic heterocycles. The fourth-order valence-corrected chi connectivity index (χ4v) is 2.49. The molecule has 0 fully saturated rings. The van der Waals surface area contributed by atoms with Crippen molar-refractivity contribution in [1.82, 2.24) is 5.32 Å². The van der Waals surface area contributed by atoms with Crippen molar-refractivity contribution in [3.63, 3.8) is 0 Å². The quantitative estimate of drug-likeness (QED) is 0.772. The van der Waals surface area contributed by atoms with Crippen molar-refractivity contribution >= 4 is 5.91 Å². The molecule has 21 heavy (non-hydrogen) atoms. The SMILES string of the molecule is CC(C)C(CCN)CCC(=O)N[C@H](C)c1ccc(F)cc1. The Bertz CT molecular complexity index is 431. The smallest absolute Gasteiger partial charge is 0.220 e. The number of rotatable bonds is 8. The third kappa shape index (κ3) is 6.25. The molecule has 4 heteroatoms. The molecule has 1 unspecified atom stereocenters. The minimum Gasteiger partial charge on any atom is -0.350 e. The van der Waals surface area contributed by atoms with Crippen LogP contribution in [0.2, 0.25) is 0 Å². The summed E-state index contributed by atoms with van der Waals surface area (Å²) < 4.78 is 12.9. The van der Waals surface area contributed by atoms with Crippen LogP contribution in [0.25, 0.3) is 0 Å². The van der Waals surface area contributed by atoms with E-state index < -0.39 is 0 Å². The molecule has 0 aliphatic carbocycles. The summed E-state index contributed by atoms with van der Waals surface area (Å²) in [6.07, 6.45) is 2.32. The first-order valence-electron chi connectivity index (χ1n) is 7.69. The third-order valence-electron chi connectivity index (χ3n) is 3.97. The molecule has 1 amide bonds. The zero-order valence-electron chi connectivity index (χ0n) is 13.2. The lowest BCUT2D eigenvalue weighted by molar-refractivity contribution is -0.122. The Morgan fingerprint density at radius 3 is 2.33 bits per heavy atom. The number of carbonyl (C=O) groups is 1. The minimum absolute atomic E-state index is 0.0366. The number of halogens is 1. The van der Waals surface area contributed by atoms with Gasteiger partial charge in [0.15, 0.2) is 0 Å². The van der Waals surface area contributed by atoms with E-state index in [1.165, 1.54) is 12.1 Å². The summed E-state index contributed by atoms with van der Waals surface area (Å²) in [5.41, 5.74) is 6.52. The number of benzene rings is 1. The molecule has 0 heterocycles. The largest absolute Gasteiger partial charge is 0.350 e. The number of hydrogen-bond acceptors (Lipinski definition) is 2. The van der Waals surface area contributed by atoms with Gasteiger partial charge < -0.3 is 11.1 Å². The molecule has 3 N–H and O–H groups in total. The Labute approximate surface area is 127 Å². The summed E-state index contributed by atoms with van der Waals surface area (Å²) in [5.74, 6) is 0.797. The maximum atomic E-state index is 12.9. The van der Waals surface area contributed by atoms with E-state index in [1.54, 1.807) is 12.1 Å². The molecular weight excluding hydrogens is 267 g/mol. The number of hydrogen-bond donors (Lipinski definition) is 2. The monoisotopic (exact) mass is 294 g/mol. The highest BCUT2D eigenvalue weighted by Gasteiger charge is 2.15. The first-order valence-corrected chi connectivity index (χ1v) is 7.69. The minimum atomic E-state index is -0.265. The predicted octanol–water partition coefficient (Wildman–Crippen LogP) is 3.40. The second-order valence-corrected chi connectivity index (χ2v) is 5.96. The molecule has 0 aliphatic heterocycles. The second kappa shape index (κ2) is 8.78. The molecule has 1 aromatic rings. The lowest BCUT2D eigenvalue weighted by Crippen LogP contribution is -2.27. The maximum absolute atomic E-state index is 12.9. The topological polar surface area (TPSA) is 55.1 Å². The fraction of sp³-hybridized carbons (Fsp3) is 0.588. The van der Waals surface area contributed by atoms with E-state index in [2.05, 4.69) is 19.2 Å². The van der Waals surface area contributed by atoms with Gasteiger partial charge in [0.2, 0.25) is 5.91 Å². The van der Waals surface area contributed by atoms with Crippen molar-refractivity contribution in [3.8, 4) is 0 Å². The standard InChI is InChI=1S/C17H27FN2O/c1-12(2)14(10-11-19)6-9-17(21)20-13(3)15-4-7-16(18)8-5-15/h4-5,7-8,12-14H,6,9-11,19H2,1-3H3,(H,20,21)/t13-,14?/m1/s1. The molecule has 3 nitrogen and oxygen atoms in total. The summed E-state index contributed by atoms with van der Waals surface area (Å²) in [5, 5.41) is 2.96. The predicted molar refractivity (Wildman–Crippen MR) is 84.2 cm³/mol. The van der Waals surface area contributed by atoms with Crippen LogP contribution in [0, 0.1) is 17.7 Å². The first kappa shape index (κ1) is 17.6. The van der Waals surface area contributed by atoms with E-state index in [-0.39, 0.29) is 17.8 Å². The highest BCUT2D eigenvalue weighted by molar-refractivity contribution is 5.76. The molecular formula is C17H27FN2O. The van der Waals surface area contributed by atoms with Gasteiger partial charge in [-0.3, -0.25) is 4.79 Å². The van der Waals surface area contributed by atoms with Crippen LogP contribution >= 0.6 is 0 Å². The molecule has 1 aromatic carbocycles. The van der Waals surface area contributed by atoms with Crippen LogP contribution in [0.1, 0.15) is 51.6 Å². The van der Waals surface area contributed by atoms with Gasteiger partial charge in [0, 0.05) is 6.42 Å². The van der Waals surface area contributed by atoms with Gasteiger partial charge in [-0.2, -0.15) is 0 Å². The Hall–Kier alpha value is -1.42. The van der Waals surface area contributed by atoms with Crippen LogP contribution in [-0.2, 0) is 4.79 Å². The summed E-state index contributed by atoms with van der Waals surface area (Å²) in [4.78, 5) is 12.0. The van der Waals surface area contributed by atoms with Crippen molar-refractivity contribution in [2.75, 3.05) is 6.54 Å². The van der Waals surface area contributed by atoms with Gasteiger partial charge >= 0.3 is 0 Å². The van der Waals surface area contributed by atoms with Gasteiger partial charge in [0.05, 0.1) is 6.04 Å². The van der Waals surface area contributed by atoms with Gasteiger partial charge in [-0.1, -0.05) is 26.0 Å². The third-order valence-corrected chi connectivity index (χ3v) is 3.97. The van der Waals surface area contributed by atoms with Crippen molar-refractivity contribution < 1.29 is 9.18 Å². The van der Waals surface area contributed by atoms with Crippen molar-refractivity contribution in [3.05, 3.63) is 35.6 Å². The van der Waals surface area contributed by atoms with E-state index in [4.69, 9.17) is 5.73 Å². The summed E-state index contributed by atoms with van der Waals surface area (Å²) in [6, 6.07) is 6.12. The lowest BCUT2D eigenvalue weighted by atomic mass is 9.88. The molecule has 2 atom stereocenters. The zero-order chi connectivity index (χ0) is 15.8. The number of amides is 1.